The van der Waals surface area contributed by atoms with Gasteiger partial charge in [-0.15, -0.1) is 0 Å². The molecule has 4 nitrogen and oxygen atoms in total. The number of nitrogens with one attached hydrogen (secondary N) is 1. The molecule has 132 valence electrons. The SMILES string of the molecule is CCOP(=O)(Cc1c[nH]c2ccc(-c3ccc(F)cc3)cc12)OCC. The molecule has 0 atom stereocenters. The number of hydrogen-bond acceptors (Lipinski definition) is 3. The van der Waals surface area contributed by atoms with Crippen molar-refractivity contribution in [2.24, 2.45) is 0 Å². The molecule has 0 saturated heterocycles. The van der Waals surface area contributed by atoms with Crippen molar-refractivity contribution in [2.75, 3.05) is 13.2 Å². The highest BCUT2D eigenvalue weighted by molar-refractivity contribution is 7.53. The second-order valence-electron chi connectivity index (χ2n) is 5.69. The minimum absolute atomic E-state index is 0.210. The first-order valence-corrected chi connectivity index (χ1v) is 10.0. The lowest BCUT2D eigenvalue weighted by Crippen LogP contribution is -1.98. The number of aromatic amines is 1. The van der Waals surface area contributed by atoms with Crippen molar-refractivity contribution in [3.63, 3.8) is 0 Å². The van der Waals surface area contributed by atoms with Crippen LogP contribution in [0.1, 0.15) is 19.4 Å². The molecular formula is C19H21FNO3P. The molecule has 1 N–H and O–H groups in total. The topological polar surface area (TPSA) is 51.3 Å². The van der Waals surface area contributed by atoms with E-state index in [4.69, 9.17) is 9.05 Å². The quantitative estimate of drug-likeness (QED) is 0.546. The van der Waals surface area contributed by atoms with Crippen LogP contribution in [-0.4, -0.2) is 18.2 Å². The Kier molecular flexibility index (Phi) is 5.38. The lowest BCUT2D eigenvalue weighted by molar-refractivity contribution is 0.219. The molecular weight excluding hydrogens is 340 g/mol. The highest BCUT2D eigenvalue weighted by Crippen LogP contribution is 2.52. The van der Waals surface area contributed by atoms with Crippen molar-refractivity contribution in [1.29, 1.82) is 0 Å². The second kappa shape index (κ2) is 7.52. The molecule has 0 aliphatic heterocycles. The molecule has 2 aromatic carbocycles. The van der Waals surface area contributed by atoms with Crippen LogP contribution in [0, 0.1) is 5.82 Å². The maximum absolute atomic E-state index is 13.1. The van der Waals surface area contributed by atoms with Gasteiger partial charge in [0.05, 0.1) is 19.4 Å². The van der Waals surface area contributed by atoms with Crippen LogP contribution in [0.3, 0.4) is 0 Å². The van der Waals surface area contributed by atoms with Crippen LogP contribution >= 0.6 is 7.60 Å². The van der Waals surface area contributed by atoms with Gasteiger partial charge in [0, 0.05) is 17.1 Å². The van der Waals surface area contributed by atoms with Gasteiger partial charge >= 0.3 is 7.60 Å². The van der Waals surface area contributed by atoms with Crippen molar-refractivity contribution in [3.8, 4) is 11.1 Å². The maximum Gasteiger partial charge on any atom is 0.335 e. The van der Waals surface area contributed by atoms with E-state index in [1.165, 1.54) is 12.1 Å². The van der Waals surface area contributed by atoms with Crippen LogP contribution in [-0.2, 0) is 19.8 Å². The lowest BCUT2D eigenvalue weighted by atomic mass is 10.0. The van der Waals surface area contributed by atoms with E-state index in [1.807, 2.05) is 24.4 Å². The zero-order valence-electron chi connectivity index (χ0n) is 14.3. The fraction of sp³-hybridized carbons (Fsp3) is 0.263. The monoisotopic (exact) mass is 361 g/mol. The van der Waals surface area contributed by atoms with E-state index in [2.05, 4.69) is 4.98 Å². The highest BCUT2D eigenvalue weighted by Gasteiger charge is 2.25. The third kappa shape index (κ3) is 4.01. The summed E-state index contributed by atoms with van der Waals surface area (Å²) < 4.78 is 36.7. The Balaban J connectivity index is 1.98. The Morgan fingerprint density at radius 1 is 1.00 bits per heavy atom. The number of H-pyrrole nitrogens is 1. The Morgan fingerprint density at radius 2 is 1.64 bits per heavy atom. The molecule has 0 saturated carbocycles. The predicted molar refractivity (Wildman–Crippen MR) is 98.3 cm³/mol. The third-order valence-electron chi connectivity index (χ3n) is 3.96. The number of halogens is 1. The van der Waals surface area contributed by atoms with E-state index in [1.54, 1.807) is 26.0 Å². The average molecular weight is 361 g/mol. The van der Waals surface area contributed by atoms with Crippen molar-refractivity contribution in [3.05, 3.63) is 60.0 Å². The number of hydrogen-bond donors (Lipinski definition) is 1. The molecule has 0 spiro atoms. The Bertz CT molecular complexity index is 895. The first-order valence-electron chi connectivity index (χ1n) is 8.28. The Hall–Kier alpha value is -1.94. The summed E-state index contributed by atoms with van der Waals surface area (Å²) in [5.74, 6) is -0.262. The molecule has 3 rings (SSSR count). The van der Waals surface area contributed by atoms with Gasteiger partial charge in [-0.25, -0.2) is 4.39 Å². The van der Waals surface area contributed by atoms with Gasteiger partial charge < -0.3 is 14.0 Å². The first-order chi connectivity index (χ1) is 12.0. The van der Waals surface area contributed by atoms with Gasteiger partial charge in [0.2, 0.25) is 0 Å². The van der Waals surface area contributed by atoms with Crippen LogP contribution in [0.5, 0.6) is 0 Å². The zero-order chi connectivity index (χ0) is 17.9. The smallest absolute Gasteiger partial charge is 0.335 e. The molecule has 0 aliphatic carbocycles. The van der Waals surface area contributed by atoms with Crippen LogP contribution in [0.2, 0.25) is 0 Å². The number of rotatable bonds is 7. The summed E-state index contributed by atoms with van der Waals surface area (Å²) >= 11 is 0. The second-order valence-corrected chi connectivity index (χ2v) is 7.74. The minimum Gasteiger partial charge on any atom is -0.361 e. The molecule has 1 aromatic heterocycles. The van der Waals surface area contributed by atoms with Crippen LogP contribution in [0.25, 0.3) is 22.0 Å². The maximum atomic E-state index is 13.1. The van der Waals surface area contributed by atoms with Gasteiger partial charge in [-0.1, -0.05) is 18.2 Å². The summed E-state index contributed by atoms with van der Waals surface area (Å²) in [6.45, 7) is 4.27. The summed E-state index contributed by atoms with van der Waals surface area (Å²) in [4.78, 5) is 3.19. The van der Waals surface area contributed by atoms with E-state index in [0.29, 0.717) is 13.2 Å². The molecule has 1 heterocycles. The Morgan fingerprint density at radius 3 is 2.28 bits per heavy atom. The van der Waals surface area contributed by atoms with Crippen molar-refractivity contribution in [1.82, 2.24) is 4.98 Å². The fourth-order valence-corrected chi connectivity index (χ4v) is 4.58. The summed E-state index contributed by atoms with van der Waals surface area (Å²) in [5.41, 5.74) is 3.72. The normalized spacial score (nSPS) is 12.0. The zero-order valence-corrected chi connectivity index (χ0v) is 15.2. The van der Waals surface area contributed by atoms with Crippen LogP contribution in [0.4, 0.5) is 4.39 Å². The van der Waals surface area contributed by atoms with E-state index in [-0.39, 0.29) is 12.0 Å². The van der Waals surface area contributed by atoms with E-state index in [0.717, 1.165) is 27.6 Å². The molecule has 0 amide bonds. The largest absolute Gasteiger partial charge is 0.361 e. The molecule has 3 aromatic rings. The molecule has 6 heteroatoms. The molecule has 25 heavy (non-hydrogen) atoms. The van der Waals surface area contributed by atoms with Crippen molar-refractivity contribution in [2.45, 2.75) is 20.0 Å². The number of benzene rings is 2. The van der Waals surface area contributed by atoms with Gasteiger partial charge in [-0.05, 0) is 54.8 Å². The highest BCUT2D eigenvalue weighted by atomic mass is 31.2. The number of aromatic nitrogens is 1. The van der Waals surface area contributed by atoms with Crippen LogP contribution < -0.4 is 0 Å². The minimum atomic E-state index is -3.18. The summed E-state index contributed by atoms with van der Waals surface area (Å²) in [6.07, 6.45) is 2.05. The number of fused-ring (bicyclic) bond motifs is 1. The van der Waals surface area contributed by atoms with E-state index >= 15 is 0 Å². The van der Waals surface area contributed by atoms with Gasteiger partial charge in [0.25, 0.3) is 0 Å². The van der Waals surface area contributed by atoms with Gasteiger partial charge in [0.15, 0.2) is 0 Å². The molecule has 0 fully saturated rings. The summed E-state index contributed by atoms with van der Waals surface area (Å²) in [7, 11) is -3.18. The van der Waals surface area contributed by atoms with Gasteiger partial charge in [-0.3, -0.25) is 4.57 Å². The molecule has 0 aliphatic rings. The molecule has 0 radical (unpaired) electrons. The average Bonchev–Trinajstić information content (AvgIpc) is 2.98. The summed E-state index contributed by atoms with van der Waals surface area (Å²) in [6, 6.07) is 12.3. The lowest BCUT2D eigenvalue weighted by Gasteiger charge is -2.16. The van der Waals surface area contributed by atoms with E-state index < -0.39 is 7.60 Å². The molecule has 0 unspecified atom stereocenters. The third-order valence-corrected chi connectivity index (χ3v) is 5.99. The predicted octanol–water partition coefficient (Wildman–Crippen LogP) is 5.74. The molecule has 0 bridgehead atoms. The van der Waals surface area contributed by atoms with Gasteiger partial charge in [-0.2, -0.15) is 0 Å². The fourth-order valence-electron chi connectivity index (χ4n) is 2.86. The Labute approximate surface area is 146 Å². The first kappa shape index (κ1) is 17.9. The van der Waals surface area contributed by atoms with Gasteiger partial charge in [0.1, 0.15) is 5.82 Å². The standard InChI is InChI=1S/C19H21FNO3P/c1-3-23-25(22,24-4-2)13-16-12-21-19-10-7-15(11-18(16)19)14-5-8-17(20)9-6-14/h5-12,21H,3-4,13H2,1-2H3. The van der Waals surface area contributed by atoms with Crippen molar-refractivity contribution >= 4 is 18.5 Å². The van der Waals surface area contributed by atoms with E-state index in [9.17, 15) is 8.96 Å². The summed E-state index contributed by atoms with van der Waals surface area (Å²) in [5, 5.41) is 0.960. The van der Waals surface area contributed by atoms with Crippen LogP contribution in [0.15, 0.2) is 48.7 Å². The van der Waals surface area contributed by atoms with Crippen molar-refractivity contribution < 1.29 is 18.0 Å².